The zero-order valence-electron chi connectivity index (χ0n) is 14.2. The van der Waals surface area contributed by atoms with Crippen LogP contribution in [-0.4, -0.2) is 20.4 Å². The van der Waals surface area contributed by atoms with Crippen molar-refractivity contribution >= 4 is 16.9 Å². The Morgan fingerprint density at radius 2 is 1.77 bits per heavy atom. The first kappa shape index (κ1) is 16.0. The quantitative estimate of drug-likeness (QED) is 0.604. The van der Waals surface area contributed by atoms with Crippen molar-refractivity contribution in [2.75, 3.05) is 0 Å². The molecule has 0 atom stereocenters. The van der Waals surface area contributed by atoms with E-state index in [9.17, 15) is 4.79 Å². The standard InChI is InChI=1S/C21H18N4O/c26-20(23-13-16-7-2-1-3-8-16)15-25-19-11-5-4-10-18(19)24-21(25)17-9-6-12-22-14-17/h1-12,14H,13,15H2,(H,23,26). The highest BCUT2D eigenvalue weighted by Crippen LogP contribution is 2.24. The fourth-order valence-corrected chi connectivity index (χ4v) is 2.95. The van der Waals surface area contributed by atoms with Gasteiger partial charge >= 0.3 is 0 Å². The number of amides is 1. The molecule has 0 saturated carbocycles. The number of pyridine rings is 1. The van der Waals surface area contributed by atoms with E-state index in [2.05, 4.69) is 10.3 Å². The second kappa shape index (κ2) is 7.19. The number of fused-ring (bicyclic) bond motifs is 1. The third-order valence-electron chi connectivity index (χ3n) is 4.21. The molecular weight excluding hydrogens is 324 g/mol. The summed E-state index contributed by atoms with van der Waals surface area (Å²) in [4.78, 5) is 21.4. The number of rotatable bonds is 5. The average molecular weight is 342 g/mol. The van der Waals surface area contributed by atoms with Gasteiger partial charge in [0.05, 0.1) is 11.0 Å². The van der Waals surface area contributed by atoms with E-state index in [1.54, 1.807) is 12.4 Å². The number of hydrogen-bond acceptors (Lipinski definition) is 3. The first-order chi connectivity index (χ1) is 12.8. The van der Waals surface area contributed by atoms with Crippen LogP contribution in [0.3, 0.4) is 0 Å². The van der Waals surface area contributed by atoms with Crippen LogP contribution in [-0.2, 0) is 17.9 Å². The predicted molar refractivity (Wildman–Crippen MR) is 101 cm³/mol. The summed E-state index contributed by atoms with van der Waals surface area (Å²) in [6.07, 6.45) is 3.49. The van der Waals surface area contributed by atoms with E-state index >= 15 is 0 Å². The normalized spacial score (nSPS) is 10.8. The zero-order valence-corrected chi connectivity index (χ0v) is 14.2. The lowest BCUT2D eigenvalue weighted by Gasteiger charge is -2.10. The second-order valence-electron chi connectivity index (χ2n) is 6.01. The minimum absolute atomic E-state index is 0.0536. The van der Waals surface area contributed by atoms with Crippen molar-refractivity contribution < 1.29 is 4.79 Å². The van der Waals surface area contributed by atoms with Crippen molar-refractivity contribution in [2.45, 2.75) is 13.1 Å². The number of nitrogens with one attached hydrogen (secondary N) is 1. The van der Waals surface area contributed by atoms with Crippen LogP contribution in [0.5, 0.6) is 0 Å². The summed E-state index contributed by atoms with van der Waals surface area (Å²) in [7, 11) is 0. The van der Waals surface area contributed by atoms with E-state index < -0.39 is 0 Å². The van der Waals surface area contributed by atoms with Crippen LogP contribution in [0.1, 0.15) is 5.56 Å². The Kier molecular flexibility index (Phi) is 4.43. The molecule has 0 radical (unpaired) electrons. The number of para-hydroxylation sites is 2. The molecule has 2 heterocycles. The van der Waals surface area contributed by atoms with Gasteiger partial charge < -0.3 is 9.88 Å². The molecule has 128 valence electrons. The zero-order chi connectivity index (χ0) is 17.8. The Morgan fingerprint density at radius 1 is 0.962 bits per heavy atom. The van der Waals surface area contributed by atoms with E-state index in [0.717, 1.165) is 28.0 Å². The molecule has 0 unspecified atom stereocenters. The van der Waals surface area contributed by atoms with Crippen molar-refractivity contribution in [1.29, 1.82) is 0 Å². The van der Waals surface area contributed by atoms with Crippen molar-refractivity contribution in [3.8, 4) is 11.4 Å². The van der Waals surface area contributed by atoms with Crippen LogP contribution in [0.25, 0.3) is 22.4 Å². The lowest BCUT2D eigenvalue weighted by molar-refractivity contribution is -0.121. The van der Waals surface area contributed by atoms with Gasteiger partial charge in [0.25, 0.3) is 0 Å². The monoisotopic (exact) mass is 342 g/mol. The molecule has 0 spiro atoms. The summed E-state index contributed by atoms with van der Waals surface area (Å²) in [6.45, 7) is 0.714. The molecule has 26 heavy (non-hydrogen) atoms. The summed E-state index contributed by atoms with van der Waals surface area (Å²) in [5.74, 6) is 0.691. The minimum Gasteiger partial charge on any atom is -0.350 e. The maximum absolute atomic E-state index is 12.5. The van der Waals surface area contributed by atoms with E-state index in [0.29, 0.717) is 6.54 Å². The summed E-state index contributed by atoms with van der Waals surface area (Å²) in [6, 6.07) is 21.5. The molecule has 1 N–H and O–H groups in total. The highest BCUT2D eigenvalue weighted by molar-refractivity contribution is 5.84. The lowest BCUT2D eigenvalue weighted by Crippen LogP contribution is -2.27. The number of nitrogens with zero attached hydrogens (tertiary/aromatic N) is 3. The Morgan fingerprint density at radius 3 is 2.58 bits per heavy atom. The first-order valence-corrected chi connectivity index (χ1v) is 8.47. The Bertz CT molecular complexity index is 1030. The number of benzene rings is 2. The topological polar surface area (TPSA) is 59.8 Å². The molecule has 5 nitrogen and oxygen atoms in total. The summed E-state index contributed by atoms with van der Waals surface area (Å²) >= 11 is 0. The van der Waals surface area contributed by atoms with Gasteiger partial charge in [-0.25, -0.2) is 4.98 Å². The highest BCUT2D eigenvalue weighted by Gasteiger charge is 2.15. The van der Waals surface area contributed by atoms with Crippen LogP contribution >= 0.6 is 0 Å². The Labute approximate surface area is 151 Å². The molecule has 1 amide bonds. The van der Waals surface area contributed by atoms with Gasteiger partial charge in [0, 0.05) is 24.5 Å². The van der Waals surface area contributed by atoms with E-state index in [4.69, 9.17) is 4.98 Å². The van der Waals surface area contributed by atoms with Crippen LogP contribution < -0.4 is 5.32 Å². The maximum atomic E-state index is 12.5. The van der Waals surface area contributed by atoms with Gasteiger partial charge in [0.2, 0.25) is 5.91 Å². The van der Waals surface area contributed by atoms with Crippen molar-refractivity contribution in [1.82, 2.24) is 19.9 Å². The van der Waals surface area contributed by atoms with Gasteiger partial charge in [0.1, 0.15) is 12.4 Å². The number of hydrogen-bond donors (Lipinski definition) is 1. The summed E-state index contributed by atoms with van der Waals surface area (Å²) in [5.41, 5.74) is 3.76. The van der Waals surface area contributed by atoms with Crippen molar-refractivity contribution in [2.24, 2.45) is 0 Å². The van der Waals surface area contributed by atoms with Gasteiger partial charge in [-0.15, -0.1) is 0 Å². The molecule has 4 rings (SSSR count). The fourth-order valence-electron chi connectivity index (χ4n) is 2.95. The molecule has 4 aromatic rings. The summed E-state index contributed by atoms with van der Waals surface area (Å²) < 4.78 is 1.94. The molecule has 0 bridgehead atoms. The first-order valence-electron chi connectivity index (χ1n) is 8.47. The molecule has 0 aliphatic heterocycles. The van der Waals surface area contributed by atoms with E-state index in [1.807, 2.05) is 71.3 Å². The van der Waals surface area contributed by atoms with Crippen molar-refractivity contribution in [3.05, 3.63) is 84.7 Å². The predicted octanol–water partition coefficient (Wildman–Crippen LogP) is 3.41. The van der Waals surface area contributed by atoms with Gasteiger partial charge in [0.15, 0.2) is 0 Å². The fraction of sp³-hybridized carbons (Fsp3) is 0.0952. The van der Waals surface area contributed by atoms with Crippen LogP contribution in [0.4, 0.5) is 0 Å². The number of carbonyl (C=O) groups excluding carboxylic acids is 1. The molecular formula is C21H18N4O. The SMILES string of the molecule is O=C(Cn1c(-c2cccnc2)nc2ccccc21)NCc1ccccc1. The van der Waals surface area contributed by atoms with Gasteiger partial charge in [-0.1, -0.05) is 42.5 Å². The third kappa shape index (κ3) is 3.32. The molecule has 2 aromatic heterocycles. The smallest absolute Gasteiger partial charge is 0.240 e. The number of carbonyl (C=O) groups is 1. The van der Waals surface area contributed by atoms with Gasteiger partial charge in [-0.2, -0.15) is 0 Å². The number of aromatic nitrogens is 3. The molecule has 0 aliphatic carbocycles. The summed E-state index contributed by atoms with van der Waals surface area (Å²) in [5, 5.41) is 2.98. The van der Waals surface area contributed by atoms with Crippen LogP contribution in [0.15, 0.2) is 79.1 Å². The van der Waals surface area contributed by atoms with Crippen LogP contribution in [0.2, 0.25) is 0 Å². The molecule has 0 aliphatic rings. The van der Waals surface area contributed by atoms with Crippen LogP contribution in [0, 0.1) is 0 Å². The maximum Gasteiger partial charge on any atom is 0.240 e. The Balaban J connectivity index is 1.61. The van der Waals surface area contributed by atoms with Crippen molar-refractivity contribution in [3.63, 3.8) is 0 Å². The third-order valence-corrected chi connectivity index (χ3v) is 4.21. The Hall–Kier alpha value is -3.47. The lowest BCUT2D eigenvalue weighted by atomic mass is 10.2. The second-order valence-corrected chi connectivity index (χ2v) is 6.01. The van der Waals surface area contributed by atoms with E-state index in [1.165, 1.54) is 0 Å². The minimum atomic E-state index is -0.0536. The average Bonchev–Trinajstić information content (AvgIpc) is 3.06. The molecule has 5 heteroatoms. The number of imidazole rings is 1. The molecule has 0 saturated heterocycles. The van der Waals surface area contributed by atoms with E-state index in [-0.39, 0.29) is 12.5 Å². The van der Waals surface area contributed by atoms with Gasteiger partial charge in [-0.3, -0.25) is 9.78 Å². The largest absolute Gasteiger partial charge is 0.350 e. The molecule has 2 aromatic carbocycles. The highest BCUT2D eigenvalue weighted by atomic mass is 16.1. The molecule has 0 fully saturated rings. The van der Waals surface area contributed by atoms with Gasteiger partial charge in [-0.05, 0) is 29.8 Å².